The van der Waals surface area contributed by atoms with Gasteiger partial charge in [0.25, 0.3) is 5.91 Å². The first-order valence-electron chi connectivity index (χ1n) is 8.31. The van der Waals surface area contributed by atoms with Gasteiger partial charge in [-0.05, 0) is 18.2 Å². The Morgan fingerprint density at radius 2 is 2.00 bits per heavy atom. The second-order valence-corrected chi connectivity index (χ2v) is 5.74. The molecule has 3 amide bonds. The lowest BCUT2D eigenvalue weighted by Gasteiger charge is -2.28. The maximum absolute atomic E-state index is 12.5. The van der Waals surface area contributed by atoms with Crippen molar-refractivity contribution in [1.82, 2.24) is 10.3 Å². The summed E-state index contributed by atoms with van der Waals surface area (Å²) in [6.07, 6.45) is 1.15. The van der Waals surface area contributed by atoms with Crippen LogP contribution in [0.25, 0.3) is 0 Å². The van der Waals surface area contributed by atoms with Crippen LogP contribution < -0.4 is 20.3 Å². The fourth-order valence-electron chi connectivity index (χ4n) is 2.52. The number of anilines is 2. The normalized spacial score (nSPS) is 12.5. The van der Waals surface area contributed by atoms with Crippen LogP contribution in [0, 0.1) is 0 Å². The summed E-state index contributed by atoms with van der Waals surface area (Å²) in [6, 6.07) is 10.2. The summed E-state index contributed by atoms with van der Waals surface area (Å²) in [5.41, 5.74) is 0.884. The second kappa shape index (κ2) is 8.17. The van der Waals surface area contributed by atoms with Gasteiger partial charge in [-0.2, -0.15) is 0 Å². The van der Waals surface area contributed by atoms with Gasteiger partial charge < -0.3 is 20.5 Å². The van der Waals surface area contributed by atoms with E-state index in [2.05, 4.69) is 15.6 Å². The number of carbonyl (C=O) groups excluding carboxylic acids is 2. The SMILES string of the molecule is O=C(O)CCNC(=O)c1cnc2c(c1)OCCN2C(=O)Nc1ccccc1. The molecule has 0 saturated carbocycles. The van der Waals surface area contributed by atoms with E-state index in [4.69, 9.17) is 9.84 Å². The summed E-state index contributed by atoms with van der Waals surface area (Å²) >= 11 is 0. The number of nitrogens with one attached hydrogen (secondary N) is 2. The molecule has 0 bridgehead atoms. The third-order valence-corrected chi connectivity index (χ3v) is 3.82. The average Bonchev–Trinajstić information content (AvgIpc) is 2.67. The Hall–Kier alpha value is -3.62. The van der Waals surface area contributed by atoms with E-state index in [1.807, 2.05) is 18.2 Å². The Kier molecular flexibility index (Phi) is 5.50. The number of hydrogen-bond acceptors (Lipinski definition) is 5. The molecule has 1 aromatic carbocycles. The van der Waals surface area contributed by atoms with E-state index in [1.165, 1.54) is 17.2 Å². The second-order valence-electron chi connectivity index (χ2n) is 5.74. The van der Waals surface area contributed by atoms with Crippen molar-refractivity contribution in [3.05, 3.63) is 48.2 Å². The van der Waals surface area contributed by atoms with E-state index in [-0.39, 0.29) is 31.2 Å². The van der Waals surface area contributed by atoms with Gasteiger partial charge in [0.2, 0.25) is 0 Å². The molecule has 1 aliphatic heterocycles. The number of fused-ring (bicyclic) bond motifs is 1. The van der Waals surface area contributed by atoms with E-state index in [1.54, 1.807) is 12.1 Å². The number of pyridine rings is 1. The number of amides is 3. The Labute approximate surface area is 155 Å². The van der Waals surface area contributed by atoms with Crippen LogP contribution in [-0.4, -0.2) is 47.7 Å². The van der Waals surface area contributed by atoms with Crippen molar-refractivity contribution >= 4 is 29.4 Å². The van der Waals surface area contributed by atoms with E-state index >= 15 is 0 Å². The topological polar surface area (TPSA) is 121 Å². The molecule has 2 heterocycles. The minimum absolute atomic E-state index is 0.0116. The lowest BCUT2D eigenvalue weighted by molar-refractivity contribution is -0.136. The van der Waals surface area contributed by atoms with Gasteiger partial charge in [-0.25, -0.2) is 9.78 Å². The van der Waals surface area contributed by atoms with Gasteiger partial charge in [-0.1, -0.05) is 18.2 Å². The van der Waals surface area contributed by atoms with Gasteiger partial charge in [0.15, 0.2) is 11.6 Å². The highest BCUT2D eigenvalue weighted by Crippen LogP contribution is 2.30. The molecule has 140 valence electrons. The summed E-state index contributed by atoms with van der Waals surface area (Å²) in [7, 11) is 0. The number of hydrogen-bond donors (Lipinski definition) is 3. The number of benzene rings is 1. The number of ether oxygens (including phenoxy) is 1. The first kappa shape index (κ1) is 18.2. The number of carboxylic acid groups (broad SMARTS) is 1. The minimum atomic E-state index is -0.998. The van der Waals surface area contributed by atoms with Crippen molar-refractivity contribution < 1.29 is 24.2 Å². The van der Waals surface area contributed by atoms with Crippen molar-refractivity contribution in [3.8, 4) is 5.75 Å². The average molecular weight is 370 g/mol. The summed E-state index contributed by atoms with van der Waals surface area (Å²) in [4.78, 5) is 40.8. The Balaban J connectivity index is 1.71. The van der Waals surface area contributed by atoms with E-state index in [9.17, 15) is 14.4 Å². The number of urea groups is 1. The smallest absolute Gasteiger partial charge is 0.327 e. The number of aliphatic carboxylic acids is 1. The molecule has 0 spiro atoms. The van der Waals surface area contributed by atoms with Gasteiger partial charge >= 0.3 is 12.0 Å². The highest BCUT2D eigenvalue weighted by atomic mass is 16.5. The van der Waals surface area contributed by atoms with Crippen molar-refractivity contribution in [2.24, 2.45) is 0 Å². The molecule has 0 fully saturated rings. The lowest BCUT2D eigenvalue weighted by Crippen LogP contribution is -2.41. The maximum Gasteiger partial charge on any atom is 0.327 e. The molecule has 3 N–H and O–H groups in total. The Bertz CT molecular complexity index is 856. The predicted molar refractivity (Wildman–Crippen MR) is 97.1 cm³/mol. The van der Waals surface area contributed by atoms with Crippen LogP contribution in [0.4, 0.5) is 16.3 Å². The van der Waals surface area contributed by atoms with Gasteiger partial charge in [-0.15, -0.1) is 0 Å². The summed E-state index contributed by atoms with van der Waals surface area (Å²) in [6.45, 7) is 0.599. The number of rotatable bonds is 5. The van der Waals surface area contributed by atoms with Crippen LogP contribution >= 0.6 is 0 Å². The molecule has 0 saturated heterocycles. The zero-order chi connectivity index (χ0) is 19.2. The largest absolute Gasteiger partial charge is 0.488 e. The zero-order valence-corrected chi connectivity index (χ0v) is 14.3. The number of carboxylic acids is 1. The molecule has 1 aliphatic rings. The monoisotopic (exact) mass is 370 g/mol. The van der Waals surface area contributed by atoms with E-state index in [0.717, 1.165) is 0 Å². The molecule has 3 rings (SSSR count). The minimum Gasteiger partial charge on any atom is -0.488 e. The molecule has 0 atom stereocenters. The van der Waals surface area contributed by atoms with E-state index in [0.29, 0.717) is 23.8 Å². The Morgan fingerprint density at radius 3 is 2.74 bits per heavy atom. The van der Waals surface area contributed by atoms with Crippen molar-refractivity contribution in [2.45, 2.75) is 6.42 Å². The molecular formula is C18H18N4O5. The molecule has 0 unspecified atom stereocenters. The predicted octanol–water partition coefficient (Wildman–Crippen LogP) is 1.72. The van der Waals surface area contributed by atoms with Gasteiger partial charge in [0, 0.05) is 18.4 Å². The molecule has 0 aliphatic carbocycles. The standard InChI is InChI=1S/C18H18N4O5/c23-15(24)6-7-19-17(25)12-10-14-16(20-11-12)22(8-9-27-14)18(26)21-13-4-2-1-3-5-13/h1-5,10-11H,6-9H2,(H,19,25)(H,21,26)(H,23,24). The lowest BCUT2D eigenvalue weighted by atomic mass is 10.2. The number of carbonyl (C=O) groups is 3. The highest BCUT2D eigenvalue weighted by Gasteiger charge is 2.26. The van der Waals surface area contributed by atoms with Crippen molar-refractivity contribution in [2.75, 3.05) is 29.9 Å². The first-order chi connectivity index (χ1) is 13.0. The molecule has 0 radical (unpaired) electrons. The molecule has 27 heavy (non-hydrogen) atoms. The zero-order valence-electron chi connectivity index (χ0n) is 14.3. The van der Waals surface area contributed by atoms with Gasteiger partial charge in [0.05, 0.1) is 18.5 Å². The fraction of sp³-hybridized carbons (Fsp3) is 0.222. The molecule has 9 nitrogen and oxygen atoms in total. The molecule has 9 heteroatoms. The van der Waals surface area contributed by atoms with Gasteiger partial charge in [0.1, 0.15) is 6.61 Å². The first-order valence-corrected chi connectivity index (χ1v) is 8.31. The van der Waals surface area contributed by atoms with Crippen LogP contribution in [0.1, 0.15) is 16.8 Å². The van der Waals surface area contributed by atoms with Crippen molar-refractivity contribution in [1.29, 1.82) is 0 Å². The highest BCUT2D eigenvalue weighted by molar-refractivity contribution is 6.03. The third kappa shape index (κ3) is 4.51. The van der Waals surface area contributed by atoms with Crippen LogP contribution in [0.2, 0.25) is 0 Å². The number of nitrogens with zero attached hydrogens (tertiary/aromatic N) is 2. The summed E-state index contributed by atoms with van der Waals surface area (Å²) in [5.74, 6) is -0.824. The third-order valence-electron chi connectivity index (χ3n) is 3.82. The summed E-state index contributed by atoms with van der Waals surface area (Å²) < 4.78 is 5.53. The van der Waals surface area contributed by atoms with Crippen LogP contribution in [0.5, 0.6) is 5.75 Å². The molecule has 2 aromatic rings. The molecule has 1 aromatic heterocycles. The number of aromatic nitrogens is 1. The van der Waals surface area contributed by atoms with Gasteiger partial charge in [-0.3, -0.25) is 14.5 Å². The Morgan fingerprint density at radius 1 is 1.22 bits per heavy atom. The van der Waals surface area contributed by atoms with E-state index < -0.39 is 11.9 Å². The summed E-state index contributed by atoms with van der Waals surface area (Å²) in [5, 5.41) is 13.9. The van der Waals surface area contributed by atoms with Crippen LogP contribution in [0.15, 0.2) is 42.6 Å². The molecular weight excluding hydrogens is 352 g/mol. The number of para-hydroxylation sites is 1. The van der Waals surface area contributed by atoms with Crippen molar-refractivity contribution in [3.63, 3.8) is 0 Å². The maximum atomic E-state index is 12.5. The quantitative estimate of drug-likeness (QED) is 0.737. The fourth-order valence-corrected chi connectivity index (χ4v) is 2.52. The van der Waals surface area contributed by atoms with Crippen LogP contribution in [-0.2, 0) is 4.79 Å². The van der Waals surface area contributed by atoms with Crippen LogP contribution in [0.3, 0.4) is 0 Å².